The van der Waals surface area contributed by atoms with Crippen molar-refractivity contribution in [2.45, 2.75) is 0 Å². The molecule has 0 saturated heterocycles. The van der Waals surface area contributed by atoms with E-state index in [1.54, 1.807) is 6.08 Å². The van der Waals surface area contributed by atoms with Crippen LogP contribution in [-0.2, 0) is 4.79 Å². The van der Waals surface area contributed by atoms with E-state index in [0.717, 1.165) is 5.69 Å². The molecule has 0 heterocycles. The molecule has 0 spiro atoms. The zero-order valence-corrected chi connectivity index (χ0v) is 12.1. The molecule has 4 N–H and O–H groups in total. The van der Waals surface area contributed by atoms with E-state index in [4.69, 9.17) is 15.9 Å². The normalized spacial score (nSPS) is 16.0. The number of ketones is 1. The summed E-state index contributed by atoms with van der Waals surface area (Å²) in [5, 5.41) is 18.1. The van der Waals surface area contributed by atoms with Crippen molar-refractivity contribution < 1.29 is 15.0 Å². The largest absolute Gasteiger partial charge is 0.397 e. The van der Waals surface area contributed by atoms with Crippen LogP contribution >= 0.6 is 0 Å². The van der Waals surface area contributed by atoms with Crippen LogP contribution in [0.5, 0.6) is 0 Å². The summed E-state index contributed by atoms with van der Waals surface area (Å²) >= 11 is 0. The van der Waals surface area contributed by atoms with Gasteiger partial charge in [-0.05, 0) is 36.4 Å². The zero-order chi connectivity index (χ0) is 15.9. The number of carbonyl (C=O) groups excluding carboxylic acids is 1. The topological polar surface area (TPSA) is 99.2 Å². The van der Waals surface area contributed by atoms with Crippen molar-refractivity contribution in [1.82, 2.24) is 0 Å². The number of nitrogens with zero attached hydrogens (tertiary/aromatic N) is 2. The summed E-state index contributed by atoms with van der Waals surface area (Å²) < 4.78 is 0. The second-order valence-corrected chi connectivity index (χ2v) is 4.78. The van der Waals surface area contributed by atoms with Gasteiger partial charge in [-0.25, -0.2) is 4.99 Å². The van der Waals surface area contributed by atoms with Gasteiger partial charge < -0.3 is 20.8 Å². The number of carbonyl (C=O) groups is 1. The summed E-state index contributed by atoms with van der Waals surface area (Å²) in [5.74, 6) is -0.143. The van der Waals surface area contributed by atoms with Crippen molar-refractivity contribution in [2.75, 3.05) is 31.2 Å². The van der Waals surface area contributed by atoms with Crippen molar-refractivity contribution in [2.24, 2.45) is 10.7 Å². The van der Waals surface area contributed by atoms with Crippen molar-refractivity contribution in [1.29, 1.82) is 0 Å². The molecule has 1 aliphatic rings. The molecule has 1 aromatic rings. The maximum absolute atomic E-state index is 11.2. The molecule has 6 nitrogen and oxygen atoms in total. The van der Waals surface area contributed by atoms with Crippen molar-refractivity contribution in [3.8, 4) is 0 Å². The number of allylic oxidation sites excluding steroid dienone is 3. The number of nitrogens with two attached hydrogens (primary N) is 1. The predicted octanol–water partition coefficient (Wildman–Crippen LogP) is 0.532. The third-order valence-corrected chi connectivity index (χ3v) is 3.20. The summed E-state index contributed by atoms with van der Waals surface area (Å²) in [4.78, 5) is 17.4. The molecule has 1 aliphatic carbocycles. The Hall–Kier alpha value is -2.44. The first-order valence-electron chi connectivity index (χ1n) is 6.99. The SMILES string of the molecule is NC1=CC(=O)C=CC1=Nc1ccc(N(CCO)CCO)cc1. The number of anilines is 1. The van der Waals surface area contributed by atoms with E-state index in [-0.39, 0.29) is 19.0 Å². The Morgan fingerprint density at radius 3 is 2.23 bits per heavy atom. The second kappa shape index (κ2) is 7.53. The highest BCUT2D eigenvalue weighted by molar-refractivity contribution is 6.19. The Morgan fingerprint density at radius 1 is 1.05 bits per heavy atom. The zero-order valence-electron chi connectivity index (χ0n) is 12.1. The van der Waals surface area contributed by atoms with Crippen LogP contribution in [0.4, 0.5) is 11.4 Å². The van der Waals surface area contributed by atoms with Crippen LogP contribution in [0.15, 0.2) is 53.2 Å². The quantitative estimate of drug-likeness (QED) is 0.666. The van der Waals surface area contributed by atoms with Crippen LogP contribution in [0.25, 0.3) is 0 Å². The molecule has 1 aromatic carbocycles. The summed E-state index contributed by atoms with van der Waals surface area (Å²) in [6.45, 7) is 0.943. The summed E-state index contributed by atoms with van der Waals surface area (Å²) in [7, 11) is 0. The van der Waals surface area contributed by atoms with E-state index in [9.17, 15) is 4.79 Å². The molecule has 0 saturated carbocycles. The fourth-order valence-corrected chi connectivity index (χ4v) is 2.12. The molecule has 0 bridgehead atoms. The van der Waals surface area contributed by atoms with Crippen LogP contribution in [-0.4, -0.2) is 48.0 Å². The lowest BCUT2D eigenvalue weighted by Gasteiger charge is -2.22. The second-order valence-electron chi connectivity index (χ2n) is 4.78. The van der Waals surface area contributed by atoms with Crippen LogP contribution in [0, 0.1) is 0 Å². The number of aliphatic imine (C=N–C) groups is 1. The number of benzene rings is 1. The molecule has 0 unspecified atom stereocenters. The van der Waals surface area contributed by atoms with E-state index >= 15 is 0 Å². The smallest absolute Gasteiger partial charge is 0.180 e. The number of hydrogen-bond donors (Lipinski definition) is 3. The monoisotopic (exact) mass is 301 g/mol. The van der Waals surface area contributed by atoms with Gasteiger partial charge >= 0.3 is 0 Å². The molecule has 0 aliphatic heterocycles. The van der Waals surface area contributed by atoms with Gasteiger partial charge in [0.25, 0.3) is 0 Å². The van der Waals surface area contributed by atoms with Crippen LogP contribution < -0.4 is 10.6 Å². The summed E-state index contributed by atoms with van der Waals surface area (Å²) in [6, 6.07) is 7.37. The molecule has 0 amide bonds. The van der Waals surface area contributed by atoms with Crippen LogP contribution in [0.1, 0.15) is 0 Å². The van der Waals surface area contributed by atoms with Crippen LogP contribution in [0.3, 0.4) is 0 Å². The molecule has 0 radical (unpaired) electrons. The molecule has 0 fully saturated rings. The Kier molecular flexibility index (Phi) is 5.46. The predicted molar refractivity (Wildman–Crippen MR) is 86.3 cm³/mol. The highest BCUT2D eigenvalue weighted by Crippen LogP contribution is 2.21. The third-order valence-electron chi connectivity index (χ3n) is 3.20. The van der Waals surface area contributed by atoms with Gasteiger partial charge in [0.1, 0.15) is 0 Å². The maximum Gasteiger partial charge on any atom is 0.180 e. The molecular formula is C16H19N3O3. The average Bonchev–Trinajstić information content (AvgIpc) is 2.51. The van der Waals surface area contributed by atoms with Gasteiger partial charge in [0.15, 0.2) is 5.78 Å². The Labute approximate surface area is 128 Å². The third kappa shape index (κ3) is 4.03. The first kappa shape index (κ1) is 15.9. The first-order valence-corrected chi connectivity index (χ1v) is 6.99. The highest BCUT2D eigenvalue weighted by Gasteiger charge is 2.09. The number of rotatable bonds is 6. The molecule has 6 heteroatoms. The average molecular weight is 301 g/mol. The van der Waals surface area contributed by atoms with Crippen molar-refractivity contribution in [3.63, 3.8) is 0 Å². The molecule has 0 aromatic heterocycles. The lowest BCUT2D eigenvalue weighted by molar-refractivity contribution is -0.110. The van der Waals surface area contributed by atoms with Gasteiger partial charge in [0.2, 0.25) is 0 Å². The van der Waals surface area contributed by atoms with E-state index < -0.39 is 0 Å². The van der Waals surface area contributed by atoms with Gasteiger partial charge in [0.05, 0.1) is 30.3 Å². The lowest BCUT2D eigenvalue weighted by Crippen LogP contribution is -2.29. The fourth-order valence-electron chi connectivity index (χ4n) is 2.12. The molecule has 22 heavy (non-hydrogen) atoms. The minimum atomic E-state index is -0.143. The molecule has 0 atom stereocenters. The van der Waals surface area contributed by atoms with Gasteiger partial charge in [-0.1, -0.05) is 0 Å². The van der Waals surface area contributed by atoms with Crippen LogP contribution in [0.2, 0.25) is 0 Å². The van der Waals surface area contributed by atoms with Crippen molar-refractivity contribution >= 4 is 22.9 Å². The Balaban J connectivity index is 2.17. The summed E-state index contributed by atoms with van der Waals surface area (Å²) in [6.07, 6.45) is 4.36. The fraction of sp³-hybridized carbons (Fsp3) is 0.250. The van der Waals surface area contributed by atoms with E-state index in [1.165, 1.54) is 12.2 Å². The Bertz CT molecular complexity index is 612. The minimum absolute atomic E-state index is 0.0181. The van der Waals surface area contributed by atoms with Crippen molar-refractivity contribution in [3.05, 3.63) is 48.2 Å². The molecular weight excluding hydrogens is 282 g/mol. The lowest BCUT2D eigenvalue weighted by atomic mass is 10.1. The van der Waals surface area contributed by atoms with E-state index in [0.29, 0.717) is 30.2 Å². The molecule has 2 rings (SSSR count). The minimum Gasteiger partial charge on any atom is -0.397 e. The van der Waals surface area contributed by atoms with Gasteiger partial charge in [-0.3, -0.25) is 4.79 Å². The van der Waals surface area contributed by atoms with E-state index in [1.807, 2.05) is 29.2 Å². The van der Waals surface area contributed by atoms with Gasteiger partial charge in [-0.15, -0.1) is 0 Å². The number of aliphatic hydroxyl groups excluding tert-OH is 2. The van der Waals surface area contributed by atoms with Gasteiger partial charge in [0, 0.05) is 24.9 Å². The standard InChI is InChI=1S/C16H19N3O3/c17-15-11-14(22)5-6-16(15)18-12-1-3-13(4-2-12)19(7-9-20)8-10-21/h1-6,11,20-21H,7-10,17H2. The number of hydrogen-bond acceptors (Lipinski definition) is 6. The molecule has 116 valence electrons. The Morgan fingerprint density at radius 2 is 1.68 bits per heavy atom. The van der Waals surface area contributed by atoms with E-state index in [2.05, 4.69) is 4.99 Å². The summed E-state index contributed by atoms with van der Waals surface area (Å²) in [5.41, 5.74) is 8.27. The highest BCUT2D eigenvalue weighted by atomic mass is 16.3. The first-order chi connectivity index (χ1) is 10.6. The number of aliphatic hydroxyl groups is 2. The van der Waals surface area contributed by atoms with Gasteiger partial charge in [-0.2, -0.15) is 0 Å². The maximum atomic E-state index is 11.2.